The van der Waals surface area contributed by atoms with E-state index in [1.165, 1.54) is 64.2 Å². The predicted octanol–water partition coefficient (Wildman–Crippen LogP) is 5.93. The maximum Gasteiger partial charge on any atom is -0.0316 e. The standard InChI is InChI=1S/C16H31/c1-4-5-6-7-8-9-10-11-12-13-14-15-16(2)3/h4-5,16H,1,6-15H2,2-3H3. The minimum atomic E-state index is 0.890. The van der Waals surface area contributed by atoms with Gasteiger partial charge >= 0.3 is 0 Å². The van der Waals surface area contributed by atoms with Crippen LogP contribution in [-0.2, 0) is 0 Å². The first-order valence-electron chi connectivity index (χ1n) is 7.21. The third kappa shape index (κ3) is 13.7. The quantitative estimate of drug-likeness (QED) is 0.381. The normalized spacial score (nSPS) is 11.8. The predicted molar refractivity (Wildman–Crippen MR) is 75.5 cm³/mol. The Kier molecular flexibility index (Phi) is 12.6. The molecule has 0 bridgehead atoms. The van der Waals surface area contributed by atoms with E-state index in [1.54, 1.807) is 0 Å². The molecule has 0 amide bonds. The topological polar surface area (TPSA) is 0 Å². The maximum atomic E-state index is 3.69. The van der Waals surface area contributed by atoms with Gasteiger partial charge in [0.1, 0.15) is 0 Å². The number of allylic oxidation sites excluding steroid dienone is 2. The van der Waals surface area contributed by atoms with Crippen molar-refractivity contribution in [2.75, 3.05) is 0 Å². The molecule has 0 aromatic heterocycles. The van der Waals surface area contributed by atoms with Gasteiger partial charge in [0.2, 0.25) is 0 Å². The summed E-state index contributed by atoms with van der Waals surface area (Å²) < 4.78 is 0. The Bertz CT molecular complexity index is 144. The van der Waals surface area contributed by atoms with Crippen molar-refractivity contribution >= 4 is 0 Å². The van der Waals surface area contributed by atoms with E-state index in [1.807, 2.05) is 6.08 Å². The highest BCUT2D eigenvalue weighted by atomic mass is 14.0. The summed E-state index contributed by atoms with van der Waals surface area (Å²) in [5.41, 5.74) is 0. The molecule has 0 N–H and O–H groups in total. The molecule has 0 unspecified atom stereocenters. The molecular formula is C16H31. The highest BCUT2D eigenvalue weighted by Crippen LogP contribution is 2.12. The molecule has 0 spiro atoms. The van der Waals surface area contributed by atoms with Crippen LogP contribution in [0.15, 0.2) is 12.2 Å². The van der Waals surface area contributed by atoms with Crippen molar-refractivity contribution in [3.63, 3.8) is 0 Å². The van der Waals surface area contributed by atoms with E-state index in [0.29, 0.717) is 0 Å². The molecule has 0 saturated carbocycles. The van der Waals surface area contributed by atoms with Gasteiger partial charge in [-0.1, -0.05) is 77.4 Å². The maximum absolute atomic E-state index is 3.69. The zero-order valence-electron chi connectivity index (χ0n) is 11.5. The second kappa shape index (κ2) is 12.8. The zero-order chi connectivity index (χ0) is 12.1. The first-order valence-corrected chi connectivity index (χ1v) is 7.21. The van der Waals surface area contributed by atoms with E-state index in [2.05, 4.69) is 26.8 Å². The van der Waals surface area contributed by atoms with Crippen molar-refractivity contribution in [1.29, 1.82) is 0 Å². The fourth-order valence-corrected chi connectivity index (χ4v) is 1.99. The lowest BCUT2D eigenvalue weighted by atomic mass is 10.0. The van der Waals surface area contributed by atoms with Gasteiger partial charge in [-0.3, -0.25) is 0 Å². The average Bonchev–Trinajstić information content (AvgIpc) is 2.25. The van der Waals surface area contributed by atoms with E-state index in [0.717, 1.165) is 5.92 Å². The fourth-order valence-electron chi connectivity index (χ4n) is 1.99. The molecule has 0 rings (SSSR count). The monoisotopic (exact) mass is 223 g/mol. The number of unbranched alkanes of at least 4 members (excludes halogenated alkanes) is 8. The molecule has 0 aromatic carbocycles. The second-order valence-electron chi connectivity index (χ2n) is 5.27. The Labute approximate surface area is 104 Å². The lowest BCUT2D eigenvalue weighted by Crippen LogP contribution is -1.87. The third-order valence-corrected chi connectivity index (χ3v) is 3.07. The summed E-state index contributed by atoms with van der Waals surface area (Å²) in [6.07, 6.45) is 18.1. The van der Waals surface area contributed by atoms with Crippen molar-refractivity contribution in [3.05, 3.63) is 19.1 Å². The van der Waals surface area contributed by atoms with Gasteiger partial charge in [0.05, 0.1) is 0 Å². The summed E-state index contributed by atoms with van der Waals surface area (Å²) in [7, 11) is 0. The molecule has 0 heteroatoms. The van der Waals surface area contributed by atoms with Crippen LogP contribution in [0.4, 0.5) is 0 Å². The molecule has 1 radical (unpaired) electrons. The average molecular weight is 223 g/mol. The molecule has 0 saturated heterocycles. The van der Waals surface area contributed by atoms with Crippen LogP contribution in [0.3, 0.4) is 0 Å². The molecule has 0 nitrogen and oxygen atoms in total. The molecule has 16 heavy (non-hydrogen) atoms. The zero-order valence-corrected chi connectivity index (χ0v) is 11.5. The van der Waals surface area contributed by atoms with Crippen LogP contribution < -0.4 is 0 Å². The molecule has 0 aliphatic rings. The van der Waals surface area contributed by atoms with E-state index in [9.17, 15) is 0 Å². The van der Waals surface area contributed by atoms with Gasteiger partial charge < -0.3 is 0 Å². The fraction of sp³-hybridized carbons (Fsp3) is 0.812. The Hall–Kier alpha value is -0.260. The highest BCUT2D eigenvalue weighted by Gasteiger charge is 1.94. The lowest BCUT2D eigenvalue weighted by molar-refractivity contribution is 0.507. The number of hydrogen-bond acceptors (Lipinski definition) is 0. The van der Waals surface area contributed by atoms with E-state index in [4.69, 9.17) is 0 Å². The first kappa shape index (κ1) is 15.7. The summed E-state index contributed by atoms with van der Waals surface area (Å²) in [4.78, 5) is 0. The van der Waals surface area contributed by atoms with Crippen molar-refractivity contribution < 1.29 is 0 Å². The Morgan fingerprint density at radius 1 is 0.812 bits per heavy atom. The lowest BCUT2D eigenvalue weighted by Gasteiger charge is -2.04. The van der Waals surface area contributed by atoms with E-state index in [-0.39, 0.29) is 0 Å². The van der Waals surface area contributed by atoms with Gasteiger partial charge in [-0.25, -0.2) is 0 Å². The number of rotatable bonds is 11. The Morgan fingerprint density at radius 2 is 1.31 bits per heavy atom. The highest BCUT2D eigenvalue weighted by molar-refractivity contribution is 4.83. The van der Waals surface area contributed by atoms with Gasteiger partial charge in [0, 0.05) is 0 Å². The third-order valence-electron chi connectivity index (χ3n) is 3.07. The van der Waals surface area contributed by atoms with Crippen molar-refractivity contribution in [1.82, 2.24) is 0 Å². The van der Waals surface area contributed by atoms with Gasteiger partial charge in [-0.2, -0.15) is 0 Å². The summed E-state index contributed by atoms with van der Waals surface area (Å²) >= 11 is 0. The SMILES string of the molecule is [CH2]C=CCCCCCCCCCCC(C)C. The minimum Gasteiger partial charge on any atom is -0.0885 e. The molecule has 95 valence electrons. The summed E-state index contributed by atoms with van der Waals surface area (Å²) in [6, 6.07) is 0. The molecule has 0 aliphatic carbocycles. The van der Waals surface area contributed by atoms with Crippen molar-refractivity contribution in [2.45, 2.75) is 78.1 Å². The van der Waals surface area contributed by atoms with Crippen molar-refractivity contribution in [3.8, 4) is 0 Å². The summed E-state index contributed by atoms with van der Waals surface area (Å²) in [5, 5.41) is 0. The number of hydrogen-bond donors (Lipinski definition) is 0. The van der Waals surface area contributed by atoms with Crippen LogP contribution in [0.2, 0.25) is 0 Å². The van der Waals surface area contributed by atoms with Crippen LogP contribution in [0.1, 0.15) is 78.1 Å². The molecular weight excluding hydrogens is 192 g/mol. The largest absolute Gasteiger partial charge is 0.0885 e. The smallest absolute Gasteiger partial charge is 0.0316 e. The summed E-state index contributed by atoms with van der Waals surface area (Å²) in [5.74, 6) is 0.890. The Balaban J connectivity index is 2.93. The van der Waals surface area contributed by atoms with Gasteiger partial charge in [-0.15, -0.1) is 0 Å². The van der Waals surface area contributed by atoms with E-state index >= 15 is 0 Å². The van der Waals surface area contributed by atoms with Crippen LogP contribution >= 0.6 is 0 Å². The first-order chi connectivity index (χ1) is 7.77. The van der Waals surface area contributed by atoms with Crippen LogP contribution in [0.25, 0.3) is 0 Å². The van der Waals surface area contributed by atoms with Gasteiger partial charge in [-0.05, 0) is 25.7 Å². The second-order valence-corrected chi connectivity index (χ2v) is 5.27. The van der Waals surface area contributed by atoms with Gasteiger partial charge in [0.15, 0.2) is 0 Å². The molecule has 0 aliphatic heterocycles. The summed E-state index contributed by atoms with van der Waals surface area (Å²) in [6.45, 7) is 8.33. The van der Waals surface area contributed by atoms with E-state index < -0.39 is 0 Å². The van der Waals surface area contributed by atoms with Crippen LogP contribution in [0.5, 0.6) is 0 Å². The molecule has 0 atom stereocenters. The minimum absolute atomic E-state index is 0.890. The molecule has 0 heterocycles. The molecule has 0 fully saturated rings. The van der Waals surface area contributed by atoms with Crippen LogP contribution in [0, 0.1) is 12.8 Å². The Morgan fingerprint density at radius 3 is 1.81 bits per heavy atom. The van der Waals surface area contributed by atoms with Gasteiger partial charge in [0.25, 0.3) is 0 Å². The van der Waals surface area contributed by atoms with Crippen molar-refractivity contribution in [2.24, 2.45) is 5.92 Å². The molecule has 0 aromatic rings. The van der Waals surface area contributed by atoms with Crippen LogP contribution in [-0.4, -0.2) is 0 Å².